The van der Waals surface area contributed by atoms with Crippen LogP contribution in [0, 0.1) is 0 Å². The van der Waals surface area contributed by atoms with Gasteiger partial charge in [-0.05, 0) is 41.8 Å². The number of carbonyl (C=O) groups excluding carboxylic acids is 1. The van der Waals surface area contributed by atoms with Crippen molar-refractivity contribution in [1.82, 2.24) is 19.9 Å². The molecule has 31 heavy (non-hydrogen) atoms. The highest BCUT2D eigenvalue weighted by Gasteiger charge is 2.34. The molecular weight excluding hydrogens is 392 g/mol. The van der Waals surface area contributed by atoms with Gasteiger partial charge in [0.25, 0.3) is 0 Å². The third kappa shape index (κ3) is 2.97. The molecule has 7 nitrogen and oxygen atoms in total. The monoisotopic (exact) mass is 412 g/mol. The predicted octanol–water partition coefficient (Wildman–Crippen LogP) is 3.81. The number of aromatic nitrogens is 3. The van der Waals surface area contributed by atoms with Crippen molar-refractivity contribution < 1.29 is 14.3 Å². The van der Waals surface area contributed by atoms with Crippen LogP contribution in [0.5, 0.6) is 11.5 Å². The number of aromatic amines is 2. The minimum atomic E-state index is -0.246. The number of rotatable bonds is 3. The molecule has 154 valence electrons. The average Bonchev–Trinajstić information content (AvgIpc) is 3.55. The number of H-pyrrole nitrogens is 2. The number of nitrogens with one attached hydrogen (secondary N) is 2. The molecule has 2 aromatic heterocycles. The number of imidazole rings is 1. The van der Waals surface area contributed by atoms with E-state index < -0.39 is 0 Å². The maximum Gasteiger partial charge on any atom is 0.247 e. The Balaban J connectivity index is 1.45. The van der Waals surface area contributed by atoms with E-state index in [2.05, 4.69) is 33.2 Å². The third-order valence-electron chi connectivity index (χ3n) is 5.95. The molecule has 2 aliphatic heterocycles. The van der Waals surface area contributed by atoms with Gasteiger partial charge in [-0.15, -0.1) is 0 Å². The number of nitrogens with zero attached hydrogens (tertiary/aromatic N) is 2. The Morgan fingerprint density at radius 1 is 1.16 bits per heavy atom. The molecule has 4 aromatic rings. The Hall–Kier alpha value is -4.00. The number of amides is 1. The molecule has 0 saturated carbocycles. The third-order valence-corrected chi connectivity index (χ3v) is 5.95. The van der Waals surface area contributed by atoms with E-state index in [1.165, 1.54) is 10.9 Å². The van der Waals surface area contributed by atoms with Crippen molar-refractivity contribution in [1.29, 1.82) is 0 Å². The first kappa shape index (κ1) is 17.8. The first-order valence-corrected chi connectivity index (χ1v) is 10.2. The van der Waals surface area contributed by atoms with Gasteiger partial charge in [-0.2, -0.15) is 0 Å². The van der Waals surface area contributed by atoms with Crippen LogP contribution in [0.1, 0.15) is 28.6 Å². The van der Waals surface area contributed by atoms with Gasteiger partial charge in [-0.3, -0.25) is 4.79 Å². The number of carbonyl (C=O) groups is 1. The highest BCUT2D eigenvalue weighted by Crippen LogP contribution is 2.42. The number of hydrogen-bond donors (Lipinski definition) is 2. The molecule has 0 aliphatic carbocycles. The van der Waals surface area contributed by atoms with E-state index in [0.717, 1.165) is 34.6 Å². The Morgan fingerprint density at radius 2 is 2.06 bits per heavy atom. The van der Waals surface area contributed by atoms with Gasteiger partial charge in [0.05, 0.1) is 24.3 Å². The number of benzene rings is 2. The summed E-state index contributed by atoms with van der Waals surface area (Å²) in [5.74, 6) is 1.39. The predicted molar refractivity (Wildman–Crippen MR) is 116 cm³/mol. The van der Waals surface area contributed by atoms with Crippen molar-refractivity contribution in [3.05, 3.63) is 83.6 Å². The summed E-state index contributed by atoms with van der Waals surface area (Å²) < 4.78 is 11.1. The van der Waals surface area contributed by atoms with Gasteiger partial charge in [0.2, 0.25) is 12.7 Å². The summed E-state index contributed by atoms with van der Waals surface area (Å²) >= 11 is 0. The smallest absolute Gasteiger partial charge is 0.247 e. The zero-order valence-corrected chi connectivity index (χ0v) is 16.7. The molecule has 0 saturated heterocycles. The van der Waals surface area contributed by atoms with E-state index in [1.54, 1.807) is 24.7 Å². The van der Waals surface area contributed by atoms with Crippen molar-refractivity contribution in [3.63, 3.8) is 0 Å². The number of hydrogen-bond acceptors (Lipinski definition) is 4. The highest BCUT2D eigenvalue weighted by molar-refractivity contribution is 5.93. The van der Waals surface area contributed by atoms with Crippen molar-refractivity contribution in [2.75, 3.05) is 13.3 Å². The Kier molecular flexibility index (Phi) is 4.06. The molecule has 7 heteroatoms. The second-order valence-corrected chi connectivity index (χ2v) is 7.70. The fraction of sp³-hybridized carbons (Fsp3) is 0.167. The molecule has 1 amide bonds. The Labute approximate surface area is 178 Å². The van der Waals surface area contributed by atoms with Crippen LogP contribution in [0.3, 0.4) is 0 Å². The second-order valence-electron chi connectivity index (χ2n) is 7.70. The van der Waals surface area contributed by atoms with Gasteiger partial charge in [0.15, 0.2) is 11.5 Å². The molecule has 1 atom stereocenters. The average molecular weight is 412 g/mol. The van der Waals surface area contributed by atoms with Crippen LogP contribution < -0.4 is 9.47 Å². The maximum absolute atomic E-state index is 13.3. The van der Waals surface area contributed by atoms with Crippen LogP contribution >= 0.6 is 0 Å². The summed E-state index contributed by atoms with van der Waals surface area (Å²) in [7, 11) is 0. The first-order valence-electron chi connectivity index (χ1n) is 10.2. The van der Waals surface area contributed by atoms with E-state index in [-0.39, 0.29) is 18.7 Å². The second kappa shape index (κ2) is 7.05. The number of ether oxygens (including phenoxy) is 2. The molecule has 2 N–H and O–H groups in total. The van der Waals surface area contributed by atoms with Gasteiger partial charge in [-0.1, -0.05) is 24.3 Å². The summed E-state index contributed by atoms with van der Waals surface area (Å²) in [4.78, 5) is 25.8. The lowest BCUT2D eigenvalue weighted by Gasteiger charge is -2.35. The Bertz CT molecular complexity index is 1310. The lowest BCUT2D eigenvalue weighted by atomic mass is 9.92. The zero-order valence-electron chi connectivity index (χ0n) is 16.7. The van der Waals surface area contributed by atoms with Gasteiger partial charge in [0.1, 0.15) is 0 Å². The van der Waals surface area contributed by atoms with Crippen molar-refractivity contribution >= 4 is 22.9 Å². The fourth-order valence-electron chi connectivity index (χ4n) is 4.52. The highest BCUT2D eigenvalue weighted by atomic mass is 16.7. The Morgan fingerprint density at radius 3 is 2.97 bits per heavy atom. The van der Waals surface area contributed by atoms with Crippen molar-refractivity contribution in [2.45, 2.75) is 12.5 Å². The normalized spacial score (nSPS) is 17.4. The zero-order chi connectivity index (χ0) is 20.8. The van der Waals surface area contributed by atoms with Gasteiger partial charge < -0.3 is 24.3 Å². The first-order chi connectivity index (χ1) is 15.3. The van der Waals surface area contributed by atoms with E-state index in [0.29, 0.717) is 12.3 Å². The molecular formula is C24H20N4O3. The summed E-state index contributed by atoms with van der Waals surface area (Å²) in [6.07, 6.45) is 7.43. The summed E-state index contributed by atoms with van der Waals surface area (Å²) in [6, 6.07) is 13.9. The molecule has 4 heterocycles. The maximum atomic E-state index is 13.3. The molecule has 6 rings (SSSR count). The molecule has 2 aromatic carbocycles. The van der Waals surface area contributed by atoms with E-state index in [1.807, 2.05) is 29.2 Å². The van der Waals surface area contributed by atoms with Crippen LogP contribution in [-0.2, 0) is 11.2 Å². The molecule has 0 unspecified atom stereocenters. The molecule has 0 fully saturated rings. The van der Waals surface area contributed by atoms with E-state index in [9.17, 15) is 4.79 Å². The molecule has 0 bridgehead atoms. The van der Waals surface area contributed by atoms with Crippen LogP contribution in [0.4, 0.5) is 0 Å². The van der Waals surface area contributed by atoms with E-state index >= 15 is 0 Å². The van der Waals surface area contributed by atoms with Crippen molar-refractivity contribution in [2.24, 2.45) is 0 Å². The topological polar surface area (TPSA) is 83.2 Å². The lowest BCUT2D eigenvalue weighted by molar-refractivity contribution is -0.128. The van der Waals surface area contributed by atoms with Crippen LogP contribution in [0.2, 0.25) is 0 Å². The SMILES string of the molecule is O=C(/C=C/c1cnc[nH]1)N1CCc2c([nH]c3ccccc23)[C@H]1c1ccc2c(c1)OCO2. The summed E-state index contributed by atoms with van der Waals surface area (Å²) in [5, 5.41) is 1.21. The van der Waals surface area contributed by atoms with Crippen LogP contribution in [0.15, 0.2) is 61.1 Å². The lowest BCUT2D eigenvalue weighted by Crippen LogP contribution is -2.39. The molecule has 0 spiro atoms. The van der Waals surface area contributed by atoms with E-state index in [4.69, 9.17) is 9.47 Å². The van der Waals surface area contributed by atoms with Crippen LogP contribution in [-0.4, -0.2) is 39.1 Å². The standard InChI is InChI=1S/C24H20N4O3/c29-22(8-6-16-12-25-13-26-16)28-10-9-18-17-3-1-2-4-19(17)27-23(18)24(28)15-5-7-20-21(11-15)31-14-30-20/h1-8,11-13,24,27H,9-10,14H2,(H,25,26)/b8-6+/t24-/m1/s1. The van der Waals surface area contributed by atoms with Gasteiger partial charge in [0, 0.05) is 29.2 Å². The number of para-hydroxylation sites is 1. The molecule has 2 aliphatic rings. The summed E-state index contributed by atoms with van der Waals surface area (Å²) in [6.45, 7) is 0.844. The van der Waals surface area contributed by atoms with Crippen molar-refractivity contribution in [3.8, 4) is 11.5 Å². The van der Waals surface area contributed by atoms with Crippen LogP contribution in [0.25, 0.3) is 17.0 Å². The fourth-order valence-corrected chi connectivity index (χ4v) is 4.52. The quantitative estimate of drug-likeness (QED) is 0.502. The largest absolute Gasteiger partial charge is 0.454 e. The van der Waals surface area contributed by atoms with Gasteiger partial charge >= 0.3 is 0 Å². The molecule has 0 radical (unpaired) electrons. The van der Waals surface area contributed by atoms with Gasteiger partial charge in [-0.25, -0.2) is 4.98 Å². The minimum absolute atomic E-state index is 0.0541. The summed E-state index contributed by atoms with van der Waals surface area (Å²) in [5.41, 5.74) is 5.17. The number of fused-ring (bicyclic) bond motifs is 4. The minimum Gasteiger partial charge on any atom is -0.454 e.